The highest BCUT2D eigenvalue weighted by molar-refractivity contribution is 5.74. The molecule has 3 heteroatoms. The average molecular weight is 212 g/mol. The van der Waals surface area contributed by atoms with Crippen molar-refractivity contribution >= 4 is 6.03 Å². The largest absolute Gasteiger partial charge is 0.338 e. The van der Waals surface area contributed by atoms with Gasteiger partial charge in [-0.15, -0.1) is 0 Å². The van der Waals surface area contributed by atoms with E-state index in [1.165, 1.54) is 32.1 Å². The maximum absolute atomic E-state index is 11.4. The number of hydrogen-bond acceptors (Lipinski definition) is 1. The molecular weight excluding hydrogens is 188 g/mol. The molecule has 1 rings (SSSR count). The molecule has 0 unspecified atom stereocenters. The van der Waals surface area contributed by atoms with Gasteiger partial charge < -0.3 is 10.6 Å². The van der Waals surface area contributed by atoms with Crippen molar-refractivity contribution in [3.05, 3.63) is 0 Å². The fourth-order valence-corrected chi connectivity index (χ4v) is 2.42. The van der Waals surface area contributed by atoms with E-state index < -0.39 is 0 Å². The number of carbonyl (C=O) groups is 1. The summed E-state index contributed by atoms with van der Waals surface area (Å²) in [6.45, 7) is 4.88. The van der Waals surface area contributed by atoms with Gasteiger partial charge in [-0.1, -0.05) is 26.2 Å². The SMILES string of the molecule is CCCC[C@@H]1CCC[C@@H]1NC(=O)NCC. The van der Waals surface area contributed by atoms with Crippen LogP contribution in [-0.2, 0) is 0 Å². The summed E-state index contributed by atoms with van der Waals surface area (Å²) in [5.74, 6) is 0.715. The zero-order valence-corrected chi connectivity index (χ0v) is 10.0. The number of urea groups is 1. The predicted octanol–water partition coefficient (Wildman–Crippen LogP) is 2.66. The molecule has 1 saturated carbocycles. The lowest BCUT2D eigenvalue weighted by atomic mass is 9.97. The van der Waals surface area contributed by atoms with Crippen molar-refractivity contribution in [2.75, 3.05) is 6.54 Å². The summed E-state index contributed by atoms with van der Waals surface area (Å²) >= 11 is 0. The Morgan fingerprint density at radius 3 is 2.80 bits per heavy atom. The number of rotatable bonds is 5. The van der Waals surface area contributed by atoms with Crippen LogP contribution in [0.15, 0.2) is 0 Å². The molecule has 15 heavy (non-hydrogen) atoms. The van der Waals surface area contributed by atoms with Crippen LogP contribution in [0.4, 0.5) is 4.79 Å². The van der Waals surface area contributed by atoms with Crippen molar-refractivity contribution in [1.82, 2.24) is 10.6 Å². The van der Waals surface area contributed by atoms with Crippen molar-refractivity contribution < 1.29 is 4.79 Å². The molecule has 0 aliphatic heterocycles. The highest BCUT2D eigenvalue weighted by atomic mass is 16.2. The molecule has 0 radical (unpaired) electrons. The van der Waals surface area contributed by atoms with Crippen molar-refractivity contribution in [1.29, 1.82) is 0 Å². The van der Waals surface area contributed by atoms with Gasteiger partial charge >= 0.3 is 6.03 Å². The lowest BCUT2D eigenvalue weighted by Gasteiger charge is -2.20. The lowest BCUT2D eigenvalue weighted by Crippen LogP contribution is -2.43. The van der Waals surface area contributed by atoms with E-state index in [1.807, 2.05) is 6.92 Å². The van der Waals surface area contributed by atoms with Crippen LogP contribution in [-0.4, -0.2) is 18.6 Å². The Balaban J connectivity index is 2.29. The monoisotopic (exact) mass is 212 g/mol. The van der Waals surface area contributed by atoms with Crippen LogP contribution in [0, 0.1) is 5.92 Å². The maximum atomic E-state index is 11.4. The van der Waals surface area contributed by atoms with Gasteiger partial charge in [0.15, 0.2) is 0 Å². The third kappa shape index (κ3) is 4.10. The zero-order chi connectivity index (χ0) is 11.1. The molecular formula is C12H24N2O. The minimum Gasteiger partial charge on any atom is -0.338 e. The van der Waals surface area contributed by atoms with Gasteiger partial charge in [0.2, 0.25) is 0 Å². The molecule has 0 heterocycles. The first-order chi connectivity index (χ1) is 7.27. The molecule has 0 saturated heterocycles. The van der Waals surface area contributed by atoms with E-state index in [2.05, 4.69) is 17.6 Å². The van der Waals surface area contributed by atoms with Crippen molar-refractivity contribution in [2.24, 2.45) is 5.92 Å². The fourth-order valence-electron chi connectivity index (χ4n) is 2.42. The van der Waals surface area contributed by atoms with Gasteiger partial charge in [0.1, 0.15) is 0 Å². The van der Waals surface area contributed by atoms with E-state index in [9.17, 15) is 4.79 Å². The first-order valence-corrected chi connectivity index (χ1v) is 6.32. The molecule has 2 atom stereocenters. The predicted molar refractivity (Wildman–Crippen MR) is 62.9 cm³/mol. The van der Waals surface area contributed by atoms with Crippen LogP contribution in [0.3, 0.4) is 0 Å². The Labute approximate surface area is 93.0 Å². The summed E-state index contributed by atoms with van der Waals surface area (Å²) in [7, 11) is 0. The number of amides is 2. The van der Waals surface area contributed by atoms with Gasteiger partial charge in [-0.05, 0) is 32.1 Å². The average Bonchev–Trinajstić information content (AvgIpc) is 2.63. The normalized spacial score (nSPS) is 25.2. The minimum absolute atomic E-state index is 0.00546. The lowest BCUT2D eigenvalue weighted by molar-refractivity contribution is 0.233. The first-order valence-electron chi connectivity index (χ1n) is 6.32. The molecule has 0 aromatic heterocycles. The van der Waals surface area contributed by atoms with Crippen LogP contribution >= 0.6 is 0 Å². The minimum atomic E-state index is 0.00546. The molecule has 2 amide bonds. The molecule has 0 aromatic carbocycles. The number of nitrogens with one attached hydrogen (secondary N) is 2. The van der Waals surface area contributed by atoms with Gasteiger partial charge in [-0.3, -0.25) is 0 Å². The van der Waals surface area contributed by atoms with Crippen molar-refractivity contribution in [3.8, 4) is 0 Å². The van der Waals surface area contributed by atoms with Crippen LogP contribution in [0.1, 0.15) is 52.4 Å². The van der Waals surface area contributed by atoms with E-state index in [1.54, 1.807) is 0 Å². The Morgan fingerprint density at radius 2 is 2.13 bits per heavy atom. The summed E-state index contributed by atoms with van der Waals surface area (Å²) < 4.78 is 0. The molecule has 0 spiro atoms. The molecule has 88 valence electrons. The second-order valence-electron chi connectivity index (χ2n) is 4.44. The van der Waals surface area contributed by atoms with E-state index in [0.29, 0.717) is 18.5 Å². The standard InChI is InChI=1S/C12H24N2O/c1-3-5-7-10-8-6-9-11(10)14-12(15)13-4-2/h10-11H,3-9H2,1-2H3,(H2,13,14,15)/t10-,11+/m1/s1. The van der Waals surface area contributed by atoms with Gasteiger partial charge in [0.05, 0.1) is 0 Å². The Morgan fingerprint density at radius 1 is 1.33 bits per heavy atom. The van der Waals surface area contributed by atoms with Crippen LogP contribution in [0.2, 0.25) is 0 Å². The molecule has 0 bridgehead atoms. The quantitative estimate of drug-likeness (QED) is 0.722. The fraction of sp³-hybridized carbons (Fsp3) is 0.917. The van der Waals surface area contributed by atoms with Gasteiger partial charge in [0.25, 0.3) is 0 Å². The number of carbonyl (C=O) groups excluding carboxylic acids is 1. The summed E-state index contributed by atoms with van der Waals surface area (Å²) in [4.78, 5) is 11.4. The topological polar surface area (TPSA) is 41.1 Å². The Bertz CT molecular complexity index is 194. The summed E-state index contributed by atoms with van der Waals surface area (Å²) in [5, 5.41) is 5.89. The van der Waals surface area contributed by atoms with Crippen molar-refractivity contribution in [2.45, 2.75) is 58.4 Å². The highest BCUT2D eigenvalue weighted by Gasteiger charge is 2.27. The molecule has 1 fully saturated rings. The van der Waals surface area contributed by atoms with Crippen LogP contribution in [0.25, 0.3) is 0 Å². The van der Waals surface area contributed by atoms with Gasteiger partial charge in [-0.25, -0.2) is 4.79 Å². The molecule has 1 aliphatic rings. The van der Waals surface area contributed by atoms with Crippen LogP contribution < -0.4 is 10.6 Å². The summed E-state index contributed by atoms with van der Waals surface area (Å²) in [6.07, 6.45) is 7.53. The first kappa shape index (κ1) is 12.3. The second kappa shape index (κ2) is 6.70. The molecule has 0 aromatic rings. The molecule has 2 N–H and O–H groups in total. The summed E-state index contributed by atoms with van der Waals surface area (Å²) in [6, 6.07) is 0.425. The van der Waals surface area contributed by atoms with Crippen molar-refractivity contribution in [3.63, 3.8) is 0 Å². The second-order valence-corrected chi connectivity index (χ2v) is 4.44. The molecule has 1 aliphatic carbocycles. The third-order valence-corrected chi connectivity index (χ3v) is 3.24. The zero-order valence-electron chi connectivity index (χ0n) is 10.0. The number of unbranched alkanes of at least 4 members (excludes halogenated alkanes) is 1. The maximum Gasteiger partial charge on any atom is 0.315 e. The van der Waals surface area contributed by atoms with E-state index in [0.717, 1.165) is 6.42 Å². The summed E-state index contributed by atoms with van der Waals surface area (Å²) in [5.41, 5.74) is 0. The van der Waals surface area contributed by atoms with E-state index >= 15 is 0 Å². The number of hydrogen-bond donors (Lipinski definition) is 2. The van der Waals surface area contributed by atoms with E-state index in [4.69, 9.17) is 0 Å². The third-order valence-electron chi connectivity index (χ3n) is 3.24. The Kier molecular flexibility index (Phi) is 5.51. The smallest absolute Gasteiger partial charge is 0.315 e. The van der Waals surface area contributed by atoms with Crippen LogP contribution in [0.5, 0.6) is 0 Å². The van der Waals surface area contributed by atoms with Gasteiger partial charge in [0, 0.05) is 12.6 Å². The molecule has 3 nitrogen and oxygen atoms in total. The Hall–Kier alpha value is -0.730. The van der Waals surface area contributed by atoms with Gasteiger partial charge in [-0.2, -0.15) is 0 Å². The highest BCUT2D eigenvalue weighted by Crippen LogP contribution is 2.29. The van der Waals surface area contributed by atoms with E-state index in [-0.39, 0.29) is 6.03 Å².